The van der Waals surface area contributed by atoms with Crippen LogP contribution in [0.15, 0.2) is 47.4 Å². The van der Waals surface area contributed by atoms with E-state index in [4.69, 9.17) is 0 Å². The summed E-state index contributed by atoms with van der Waals surface area (Å²) in [4.78, 5) is 15.5. The summed E-state index contributed by atoms with van der Waals surface area (Å²) >= 11 is 0. The molecule has 8 heteroatoms. The smallest absolute Gasteiger partial charge is 0.223 e. The fourth-order valence-electron chi connectivity index (χ4n) is 3.13. The Kier molecular flexibility index (Phi) is 9.03. The first-order chi connectivity index (χ1) is 14.6. The van der Waals surface area contributed by atoms with Gasteiger partial charge in [-0.15, -0.1) is 0 Å². The first-order valence-electron chi connectivity index (χ1n) is 10.2. The Morgan fingerprint density at radius 2 is 1.74 bits per heavy atom. The van der Waals surface area contributed by atoms with Crippen molar-refractivity contribution in [2.75, 3.05) is 43.2 Å². The Balaban J connectivity index is 1.83. The SMILES string of the molecule is CC(=O)N(C)c1ccc(N(C)CCC(C)NCC(O)c2ccc(O)c(S(C)=O)c2)cc1. The summed E-state index contributed by atoms with van der Waals surface area (Å²) in [6.45, 7) is 4.79. The van der Waals surface area contributed by atoms with E-state index in [9.17, 15) is 19.2 Å². The van der Waals surface area contributed by atoms with Crippen LogP contribution in [0.1, 0.15) is 31.9 Å². The number of phenols is 1. The molecule has 0 aliphatic carbocycles. The summed E-state index contributed by atoms with van der Waals surface area (Å²) in [5.74, 6) is -0.0307. The number of carbonyl (C=O) groups excluding carboxylic acids is 1. The molecule has 0 aliphatic heterocycles. The molecule has 3 unspecified atom stereocenters. The summed E-state index contributed by atoms with van der Waals surface area (Å²) in [7, 11) is 2.46. The second-order valence-corrected chi connectivity index (χ2v) is 9.16. The number of aromatic hydroxyl groups is 1. The Morgan fingerprint density at radius 1 is 1.13 bits per heavy atom. The number of hydrogen-bond acceptors (Lipinski definition) is 6. The minimum Gasteiger partial charge on any atom is -0.507 e. The minimum absolute atomic E-state index is 0.00493. The van der Waals surface area contributed by atoms with E-state index in [1.807, 2.05) is 31.3 Å². The first-order valence-corrected chi connectivity index (χ1v) is 11.8. The fourth-order valence-corrected chi connectivity index (χ4v) is 3.79. The third-order valence-corrected chi connectivity index (χ3v) is 6.33. The van der Waals surface area contributed by atoms with Gasteiger partial charge in [0.25, 0.3) is 0 Å². The highest BCUT2D eigenvalue weighted by Gasteiger charge is 2.14. The van der Waals surface area contributed by atoms with E-state index < -0.39 is 16.9 Å². The van der Waals surface area contributed by atoms with Gasteiger partial charge in [0, 0.05) is 57.8 Å². The number of benzene rings is 2. The average molecular weight is 448 g/mol. The molecule has 31 heavy (non-hydrogen) atoms. The van der Waals surface area contributed by atoms with Crippen LogP contribution in [0.3, 0.4) is 0 Å². The van der Waals surface area contributed by atoms with Crippen molar-refractivity contribution in [3.05, 3.63) is 48.0 Å². The predicted molar refractivity (Wildman–Crippen MR) is 126 cm³/mol. The van der Waals surface area contributed by atoms with Gasteiger partial charge >= 0.3 is 0 Å². The van der Waals surface area contributed by atoms with E-state index >= 15 is 0 Å². The van der Waals surface area contributed by atoms with E-state index in [2.05, 4.69) is 17.1 Å². The maximum atomic E-state index is 11.7. The van der Waals surface area contributed by atoms with Crippen LogP contribution in [0.25, 0.3) is 0 Å². The molecule has 0 saturated carbocycles. The van der Waals surface area contributed by atoms with Crippen molar-refractivity contribution >= 4 is 28.1 Å². The highest BCUT2D eigenvalue weighted by Crippen LogP contribution is 2.25. The van der Waals surface area contributed by atoms with Crippen LogP contribution in [0.5, 0.6) is 5.75 Å². The van der Waals surface area contributed by atoms with Crippen LogP contribution in [-0.4, -0.2) is 59.8 Å². The van der Waals surface area contributed by atoms with Crippen molar-refractivity contribution in [3.63, 3.8) is 0 Å². The van der Waals surface area contributed by atoms with Crippen molar-refractivity contribution in [1.29, 1.82) is 0 Å². The van der Waals surface area contributed by atoms with Crippen molar-refractivity contribution < 1.29 is 19.2 Å². The summed E-state index contributed by atoms with van der Waals surface area (Å²) in [5, 5.41) is 23.6. The van der Waals surface area contributed by atoms with E-state index in [-0.39, 0.29) is 17.7 Å². The lowest BCUT2D eigenvalue weighted by Crippen LogP contribution is -2.33. The van der Waals surface area contributed by atoms with Crippen molar-refractivity contribution in [2.24, 2.45) is 0 Å². The van der Waals surface area contributed by atoms with Crippen molar-refractivity contribution in [3.8, 4) is 5.75 Å². The van der Waals surface area contributed by atoms with Crippen LogP contribution < -0.4 is 15.1 Å². The first kappa shape index (κ1) is 24.8. The summed E-state index contributed by atoms with van der Waals surface area (Å²) in [6.07, 6.45) is 1.61. The largest absolute Gasteiger partial charge is 0.507 e. The maximum absolute atomic E-state index is 11.7. The zero-order valence-corrected chi connectivity index (χ0v) is 19.6. The zero-order valence-electron chi connectivity index (χ0n) is 18.8. The van der Waals surface area contributed by atoms with Gasteiger partial charge in [0.15, 0.2) is 0 Å². The van der Waals surface area contributed by atoms with Gasteiger partial charge in [0.1, 0.15) is 5.75 Å². The highest BCUT2D eigenvalue weighted by atomic mass is 32.2. The number of anilines is 2. The summed E-state index contributed by atoms with van der Waals surface area (Å²) < 4.78 is 11.7. The Morgan fingerprint density at radius 3 is 2.32 bits per heavy atom. The molecule has 3 atom stereocenters. The predicted octanol–water partition coefficient (Wildman–Crippen LogP) is 2.65. The molecule has 170 valence electrons. The second-order valence-electron chi connectivity index (χ2n) is 7.81. The minimum atomic E-state index is -1.32. The fraction of sp³-hybridized carbons (Fsp3) is 0.435. The zero-order chi connectivity index (χ0) is 23.1. The number of hydrogen-bond donors (Lipinski definition) is 3. The van der Waals surface area contributed by atoms with Gasteiger partial charge in [0.2, 0.25) is 5.91 Å². The third kappa shape index (κ3) is 7.05. The monoisotopic (exact) mass is 447 g/mol. The number of rotatable bonds is 10. The van der Waals surface area contributed by atoms with Gasteiger partial charge in [0.05, 0.1) is 21.8 Å². The average Bonchev–Trinajstić information content (AvgIpc) is 2.75. The third-order valence-electron chi connectivity index (χ3n) is 5.39. The molecular formula is C23H33N3O4S. The van der Waals surface area contributed by atoms with Gasteiger partial charge in [-0.1, -0.05) is 6.07 Å². The Labute approximate surface area is 187 Å². The number of aliphatic hydroxyl groups is 1. The van der Waals surface area contributed by atoms with Gasteiger partial charge in [-0.25, -0.2) is 0 Å². The van der Waals surface area contributed by atoms with Gasteiger partial charge in [-0.2, -0.15) is 0 Å². The van der Waals surface area contributed by atoms with Crippen molar-refractivity contribution in [2.45, 2.75) is 37.3 Å². The number of nitrogens with zero attached hydrogens (tertiary/aromatic N) is 2. The van der Waals surface area contributed by atoms with Crippen LogP contribution >= 0.6 is 0 Å². The number of nitrogens with one attached hydrogen (secondary N) is 1. The second kappa shape index (κ2) is 11.3. The lowest BCUT2D eigenvalue weighted by atomic mass is 10.1. The number of phenolic OH excluding ortho intramolecular Hbond substituents is 1. The van der Waals surface area contributed by atoms with Gasteiger partial charge in [-0.05, 0) is 55.3 Å². The molecule has 2 aromatic rings. The topological polar surface area (TPSA) is 93.1 Å². The van der Waals surface area contributed by atoms with Crippen LogP contribution in [0.2, 0.25) is 0 Å². The molecule has 2 rings (SSSR count). The van der Waals surface area contributed by atoms with E-state index in [1.165, 1.54) is 19.2 Å². The van der Waals surface area contributed by atoms with Crippen molar-refractivity contribution in [1.82, 2.24) is 5.32 Å². The summed E-state index contributed by atoms with van der Waals surface area (Å²) in [5.41, 5.74) is 2.55. The quantitative estimate of drug-likeness (QED) is 0.519. The molecule has 0 fully saturated rings. The molecule has 1 amide bonds. The van der Waals surface area contributed by atoms with Crippen LogP contribution in [0.4, 0.5) is 11.4 Å². The molecular weight excluding hydrogens is 414 g/mol. The molecule has 7 nitrogen and oxygen atoms in total. The van der Waals surface area contributed by atoms with Gasteiger partial charge in [-0.3, -0.25) is 9.00 Å². The maximum Gasteiger partial charge on any atom is 0.223 e. The molecule has 2 aromatic carbocycles. The highest BCUT2D eigenvalue weighted by molar-refractivity contribution is 7.84. The van der Waals surface area contributed by atoms with E-state index in [0.29, 0.717) is 17.0 Å². The Hall–Kier alpha value is -2.42. The van der Waals surface area contributed by atoms with Crippen LogP contribution in [0, 0.1) is 0 Å². The lowest BCUT2D eigenvalue weighted by molar-refractivity contribution is -0.116. The molecule has 0 aromatic heterocycles. The number of aliphatic hydroxyl groups excluding tert-OH is 1. The molecule has 0 saturated heterocycles. The molecule has 0 aliphatic rings. The molecule has 3 N–H and O–H groups in total. The summed E-state index contributed by atoms with van der Waals surface area (Å²) in [6, 6.07) is 12.7. The molecule has 0 bridgehead atoms. The molecule has 0 spiro atoms. The Bertz CT molecular complexity index is 904. The lowest BCUT2D eigenvalue weighted by Gasteiger charge is -2.24. The van der Waals surface area contributed by atoms with Gasteiger partial charge < -0.3 is 25.3 Å². The standard InChI is InChI=1S/C23H33N3O4S/c1-16(24-15-22(29)18-6-11-21(28)23(14-18)31(5)30)12-13-25(3)19-7-9-20(10-8-19)26(4)17(2)27/h6-11,14,16,22,24,28-29H,12-13,15H2,1-5H3. The number of carbonyl (C=O) groups is 1. The molecule has 0 heterocycles. The van der Waals surface area contributed by atoms with Crippen LogP contribution in [-0.2, 0) is 15.6 Å². The molecule has 0 radical (unpaired) electrons. The van der Waals surface area contributed by atoms with E-state index in [0.717, 1.165) is 24.3 Å². The normalized spacial score (nSPS) is 14.0. The number of amides is 1. The van der Waals surface area contributed by atoms with E-state index in [1.54, 1.807) is 24.1 Å².